The van der Waals surface area contributed by atoms with E-state index in [1.165, 1.54) is 42.6 Å². The molecule has 1 aliphatic rings. The zero-order valence-corrected chi connectivity index (χ0v) is 13.7. The van der Waals surface area contributed by atoms with E-state index in [1.807, 2.05) is 0 Å². The highest BCUT2D eigenvalue weighted by Crippen LogP contribution is 2.23. The van der Waals surface area contributed by atoms with Crippen LogP contribution in [0.4, 0.5) is 0 Å². The fourth-order valence-electron chi connectivity index (χ4n) is 3.46. The molecule has 2 rings (SSSR count). The Morgan fingerprint density at radius 1 is 1.25 bits per heavy atom. The molecule has 1 aliphatic heterocycles. The SMILES string of the molecule is Cc1ccc(C)c(C(C)NC(C)C2CCCN(C)C2)c1. The summed E-state index contributed by atoms with van der Waals surface area (Å²) in [6.07, 6.45) is 2.70. The van der Waals surface area contributed by atoms with Gasteiger partial charge in [0.05, 0.1) is 0 Å². The molecule has 0 bridgehead atoms. The second kappa shape index (κ2) is 6.73. The maximum Gasteiger partial charge on any atom is 0.0297 e. The van der Waals surface area contributed by atoms with E-state index < -0.39 is 0 Å². The first-order valence-corrected chi connectivity index (χ1v) is 7.99. The molecular weight excluding hydrogens is 244 g/mol. The minimum Gasteiger partial charge on any atom is -0.307 e. The summed E-state index contributed by atoms with van der Waals surface area (Å²) < 4.78 is 0. The number of nitrogens with one attached hydrogen (secondary N) is 1. The lowest BCUT2D eigenvalue weighted by Crippen LogP contribution is -2.43. The van der Waals surface area contributed by atoms with Gasteiger partial charge in [-0.3, -0.25) is 0 Å². The van der Waals surface area contributed by atoms with Crippen LogP contribution in [0.5, 0.6) is 0 Å². The smallest absolute Gasteiger partial charge is 0.0297 e. The van der Waals surface area contributed by atoms with Crippen molar-refractivity contribution in [3.63, 3.8) is 0 Å². The topological polar surface area (TPSA) is 15.3 Å². The molecule has 2 heteroatoms. The second-order valence-electron chi connectivity index (χ2n) is 6.70. The van der Waals surface area contributed by atoms with Crippen molar-refractivity contribution in [2.24, 2.45) is 5.92 Å². The van der Waals surface area contributed by atoms with E-state index in [4.69, 9.17) is 0 Å². The molecule has 1 saturated heterocycles. The minimum absolute atomic E-state index is 0.428. The number of rotatable bonds is 4. The standard InChI is InChI=1S/C18H30N2/c1-13-8-9-14(2)18(11-13)16(4)19-15(3)17-7-6-10-20(5)12-17/h8-9,11,15-17,19H,6-7,10,12H2,1-5H3. The third-order valence-electron chi connectivity index (χ3n) is 4.78. The molecule has 20 heavy (non-hydrogen) atoms. The van der Waals surface area contributed by atoms with Crippen LogP contribution in [-0.2, 0) is 0 Å². The van der Waals surface area contributed by atoms with Crippen molar-refractivity contribution in [2.75, 3.05) is 20.1 Å². The Hall–Kier alpha value is -0.860. The van der Waals surface area contributed by atoms with Crippen molar-refractivity contribution in [1.82, 2.24) is 10.2 Å². The van der Waals surface area contributed by atoms with Gasteiger partial charge in [-0.25, -0.2) is 0 Å². The number of aryl methyl sites for hydroxylation is 2. The summed E-state index contributed by atoms with van der Waals surface area (Å²) in [5.41, 5.74) is 4.19. The van der Waals surface area contributed by atoms with Gasteiger partial charge in [0.15, 0.2) is 0 Å². The number of nitrogens with zero attached hydrogens (tertiary/aromatic N) is 1. The van der Waals surface area contributed by atoms with Gasteiger partial charge in [-0.1, -0.05) is 23.8 Å². The van der Waals surface area contributed by atoms with E-state index in [0.717, 1.165) is 5.92 Å². The first-order chi connectivity index (χ1) is 9.47. The van der Waals surface area contributed by atoms with Crippen LogP contribution in [-0.4, -0.2) is 31.1 Å². The van der Waals surface area contributed by atoms with Crippen LogP contribution in [0.3, 0.4) is 0 Å². The number of hydrogen-bond acceptors (Lipinski definition) is 2. The quantitative estimate of drug-likeness (QED) is 0.901. The van der Waals surface area contributed by atoms with Crippen LogP contribution >= 0.6 is 0 Å². The van der Waals surface area contributed by atoms with E-state index in [1.54, 1.807) is 0 Å². The summed E-state index contributed by atoms with van der Waals surface area (Å²) >= 11 is 0. The monoisotopic (exact) mass is 274 g/mol. The van der Waals surface area contributed by atoms with E-state index in [9.17, 15) is 0 Å². The molecule has 0 saturated carbocycles. The van der Waals surface area contributed by atoms with Crippen LogP contribution in [0, 0.1) is 19.8 Å². The number of hydrogen-bond donors (Lipinski definition) is 1. The molecule has 0 aromatic heterocycles. The van der Waals surface area contributed by atoms with Crippen molar-refractivity contribution < 1.29 is 0 Å². The number of benzene rings is 1. The lowest BCUT2D eigenvalue weighted by atomic mass is 9.90. The van der Waals surface area contributed by atoms with E-state index in [2.05, 4.69) is 63.2 Å². The molecular formula is C18H30N2. The predicted molar refractivity (Wildman–Crippen MR) is 87.1 cm³/mol. The summed E-state index contributed by atoms with van der Waals surface area (Å²) in [5, 5.41) is 3.83. The Balaban J connectivity index is 1.99. The third-order valence-corrected chi connectivity index (χ3v) is 4.78. The molecule has 1 N–H and O–H groups in total. The highest BCUT2D eigenvalue weighted by molar-refractivity contribution is 5.32. The van der Waals surface area contributed by atoms with Crippen LogP contribution in [0.1, 0.15) is 49.4 Å². The molecule has 1 heterocycles. The van der Waals surface area contributed by atoms with E-state index in [0.29, 0.717) is 12.1 Å². The van der Waals surface area contributed by atoms with Crippen LogP contribution in [0.25, 0.3) is 0 Å². The number of piperidine rings is 1. The molecule has 1 aromatic carbocycles. The molecule has 3 unspecified atom stereocenters. The van der Waals surface area contributed by atoms with Crippen molar-refractivity contribution in [3.05, 3.63) is 34.9 Å². The molecule has 0 amide bonds. The molecule has 112 valence electrons. The summed E-state index contributed by atoms with van der Waals surface area (Å²) in [6, 6.07) is 7.77. The van der Waals surface area contributed by atoms with Gasteiger partial charge >= 0.3 is 0 Å². The van der Waals surface area contributed by atoms with E-state index in [-0.39, 0.29) is 0 Å². The van der Waals surface area contributed by atoms with Crippen molar-refractivity contribution in [3.8, 4) is 0 Å². The normalized spacial score (nSPS) is 23.6. The highest BCUT2D eigenvalue weighted by atomic mass is 15.1. The van der Waals surface area contributed by atoms with E-state index >= 15 is 0 Å². The Bertz CT molecular complexity index is 441. The first-order valence-electron chi connectivity index (χ1n) is 7.99. The van der Waals surface area contributed by atoms with Crippen LogP contribution in [0.2, 0.25) is 0 Å². The van der Waals surface area contributed by atoms with Gasteiger partial charge in [0.1, 0.15) is 0 Å². The Morgan fingerprint density at radius 2 is 2.00 bits per heavy atom. The average molecular weight is 274 g/mol. The van der Waals surface area contributed by atoms with Crippen LogP contribution in [0.15, 0.2) is 18.2 Å². The zero-order valence-electron chi connectivity index (χ0n) is 13.7. The number of likely N-dealkylation sites (tertiary alicyclic amines) is 1. The maximum atomic E-state index is 3.83. The Labute approximate surface area is 124 Å². The molecule has 0 aliphatic carbocycles. The zero-order chi connectivity index (χ0) is 14.7. The fourth-order valence-corrected chi connectivity index (χ4v) is 3.46. The minimum atomic E-state index is 0.428. The summed E-state index contributed by atoms with van der Waals surface area (Å²) in [6.45, 7) is 11.5. The molecule has 1 fully saturated rings. The second-order valence-corrected chi connectivity index (χ2v) is 6.70. The van der Waals surface area contributed by atoms with Gasteiger partial charge in [-0.15, -0.1) is 0 Å². The first kappa shape index (κ1) is 15.5. The third kappa shape index (κ3) is 3.83. The van der Waals surface area contributed by atoms with Gasteiger partial charge in [0.2, 0.25) is 0 Å². The highest BCUT2D eigenvalue weighted by Gasteiger charge is 2.24. The lowest BCUT2D eigenvalue weighted by molar-refractivity contribution is 0.174. The summed E-state index contributed by atoms with van der Waals surface area (Å²) in [5.74, 6) is 0.779. The van der Waals surface area contributed by atoms with Crippen molar-refractivity contribution in [2.45, 2.75) is 52.6 Å². The average Bonchev–Trinajstić information content (AvgIpc) is 2.41. The maximum absolute atomic E-state index is 3.83. The molecule has 2 nitrogen and oxygen atoms in total. The van der Waals surface area contributed by atoms with Crippen LogP contribution < -0.4 is 5.32 Å². The van der Waals surface area contributed by atoms with Gasteiger partial charge in [-0.2, -0.15) is 0 Å². The molecule has 0 radical (unpaired) electrons. The molecule has 1 aromatic rings. The lowest BCUT2D eigenvalue weighted by Gasteiger charge is -2.35. The Morgan fingerprint density at radius 3 is 2.70 bits per heavy atom. The molecule has 3 atom stereocenters. The van der Waals surface area contributed by atoms with Gasteiger partial charge < -0.3 is 10.2 Å². The fraction of sp³-hybridized carbons (Fsp3) is 0.667. The van der Waals surface area contributed by atoms with Crippen molar-refractivity contribution >= 4 is 0 Å². The van der Waals surface area contributed by atoms with Gasteiger partial charge in [0, 0.05) is 18.6 Å². The Kier molecular flexibility index (Phi) is 5.22. The molecule has 0 spiro atoms. The largest absolute Gasteiger partial charge is 0.307 e. The van der Waals surface area contributed by atoms with Gasteiger partial charge in [0.25, 0.3) is 0 Å². The predicted octanol–water partition coefficient (Wildman–Crippen LogP) is 3.68. The van der Waals surface area contributed by atoms with Gasteiger partial charge in [-0.05, 0) is 71.2 Å². The summed E-state index contributed by atoms with van der Waals surface area (Å²) in [4.78, 5) is 2.47. The summed E-state index contributed by atoms with van der Waals surface area (Å²) in [7, 11) is 2.24. The van der Waals surface area contributed by atoms with Crippen molar-refractivity contribution in [1.29, 1.82) is 0 Å².